The molecule has 0 saturated heterocycles. The molecule has 0 unspecified atom stereocenters. The van der Waals surface area contributed by atoms with Crippen LogP contribution in [0, 0.1) is 5.82 Å². The molecule has 0 aliphatic rings. The molecule has 0 spiro atoms. The lowest BCUT2D eigenvalue weighted by atomic mass is 10.1. The van der Waals surface area contributed by atoms with Crippen LogP contribution < -0.4 is 4.72 Å². The highest BCUT2D eigenvalue weighted by atomic mass is 35.5. The van der Waals surface area contributed by atoms with Crippen molar-refractivity contribution in [1.82, 2.24) is 4.72 Å². The number of hydrogen-bond donors (Lipinski definition) is 1. The predicted octanol–water partition coefficient (Wildman–Crippen LogP) is 2.74. The van der Waals surface area contributed by atoms with Gasteiger partial charge in [0, 0.05) is 11.6 Å². The summed E-state index contributed by atoms with van der Waals surface area (Å²) in [5.74, 6) is -0.256. The molecule has 0 aliphatic carbocycles. The average molecular weight is 294 g/mol. The van der Waals surface area contributed by atoms with Gasteiger partial charge in [-0.25, -0.2) is 17.5 Å². The average Bonchev–Trinajstić information content (AvgIpc) is 2.31. The Balaban J connectivity index is 2.49. The predicted molar refractivity (Wildman–Crippen MR) is 71.8 cm³/mol. The molecule has 0 bridgehead atoms. The first-order chi connectivity index (χ1) is 8.44. The molecule has 18 heavy (non-hydrogen) atoms. The minimum atomic E-state index is -3.24. The highest BCUT2D eigenvalue weighted by Crippen LogP contribution is 2.15. The molecule has 6 heteroatoms. The Kier molecular flexibility index (Phi) is 6.05. The Morgan fingerprint density at radius 3 is 2.78 bits per heavy atom. The third-order valence-corrected chi connectivity index (χ3v) is 4.20. The summed E-state index contributed by atoms with van der Waals surface area (Å²) in [7, 11) is -3.24. The Morgan fingerprint density at radius 1 is 1.39 bits per heavy atom. The third kappa shape index (κ3) is 5.33. The van der Waals surface area contributed by atoms with Crippen molar-refractivity contribution in [2.75, 3.05) is 12.3 Å². The van der Waals surface area contributed by atoms with Gasteiger partial charge in [0.25, 0.3) is 0 Å². The molecule has 0 heterocycles. The first kappa shape index (κ1) is 15.4. The molecule has 1 N–H and O–H groups in total. The van der Waals surface area contributed by atoms with Crippen LogP contribution in [0.15, 0.2) is 18.2 Å². The monoisotopic (exact) mass is 293 g/mol. The van der Waals surface area contributed by atoms with Gasteiger partial charge in [-0.05, 0) is 36.6 Å². The molecule has 0 saturated carbocycles. The van der Waals surface area contributed by atoms with Crippen molar-refractivity contribution in [3.8, 4) is 0 Å². The van der Waals surface area contributed by atoms with Gasteiger partial charge < -0.3 is 0 Å². The highest BCUT2D eigenvalue weighted by Gasteiger charge is 2.09. The van der Waals surface area contributed by atoms with Crippen LogP contribution in [0.2, 0.25) is 5.02 Å². The Morgan fingerprint density at radius 2 is 2.11 bits per heavy atom. The first-order valence-electron chi connectivity index (χ1n) is 5.86. The van der Waals surface area contributed by atoms with Gasteiger partial charge in [0.15, 0.2) is 0 Å². The fourth-order valence-electron chi connectivity index (χ4n) is 1.48. The Labute approximate surface area is 112 Å². The van der Waals surface area contributed by atoms with E-state index in [0.29, 0.717) is 17.0 Å². The molecule has 0 radical (unpaired) electrons. The van der Waals surface area contributed by atoms with Gasteiger partial charge in [0.1, 0.15) is 5.82 Å². The fraction of sp³-hybridized carbons (Fsp3) is 0.500. The quantitative estimate of drug-likeness (QED) is 0.840. The van der Waals surface area contributed by atoms with Crippen molar-refractivity contribution in [3.63, 3.8) is 0 Å². The molecule has 0 atom stereocenters. The molecular weight excluding hydrogens is 277 g/mol. The second-order valence-electron chi connectivity index (χ2n) is 4.05. The van der Waals surface area contributed by atoms with Crippen LogP contribution in [0.3, 0.4) is 0 Å². The van der Waals surface area contributed by atoms with Crippen LogP contribution in [-0.2, 0) is 16.4 Å². The third-order valence-electron chi connectivity index (χ3n) is 2.49. The SMILES string of the molecule is CCCCS(=O)(=O)NCCc1cc(Cl)ccc1F. The number of benzene rings is 1. The summed E-state index contributed by atoms with van der Waals surface area (Å²) in [5, 5.41) is 0.445. The largest absolute Gasteiger partial charge is 0.215 e. The lowest BCUT2D eigenvalue weighted by Gasteiger charge is -2.07. The van der Waals surface area contributed by atoms with E-state index in [0.717, 1.165) is 6.42 Å². The minimum Gasteiger partial charge on any atom is -0.215 e. The van der Waals surface area contributed by atoms with Crippen LogP contribution in [0.1, 0.15) is 25.3 Å². The number of unbranched alkanes of at least 4 members (excludes halogenated alkanes) is 1. The Bertz CT molecular complexity index is 491. The van der Waals surface area contributed by atoms with Crippen LogP contribution >= 0.6 is 11.6 Å². The Hall–Kier alpha value is -0.650. The number of hydrogen-bond acceptors (Lipinski definition) is 2. The molecule has 1 aromatic carbocycles. The van der Waals surface area contributed by atoms with Crippen LogP contribution in [0.4, 0.5) is 4.39 Å². The van der Waals surface area contributed by atoms with Gasteiger partial charge in [0.05, 0.1) is 5.75 Å². The summed E-state index contributed by atoms with van der Waals surface area (Å²) in [5.41, 5.74) is 0.417. The van der Waals surface area contributed by atoms with E-state index in [9.17, 15) is 12.8 Å². The second-order valence-corrected chi connectivity index (χ2v) is 6.42. The number of nitrogens with one attached hydrogen (secondary N) is 1. The maximum absolute atomic E-state index is 13.4. The maximum Gasteiger partial charge on any atom is 0.211 e. The zero-order chi connectivity index (χ0) is 13.6. The molecule has 0 aliphatic heterocycles. The second kappa shape index (κ2) is 7.07. The van der Waals surface area contributed by atoms with Crippen molar-refractivity contribution >= 4 is 21.6 Å². The zero-order valence-electron chi connectivity index (χ0n) is 10.2. The van der Waals surface area contributed by atoms with E-state index in [1.807, 2.05) is 6.92 Å². The van der Waals surface area contributed by atoms with E-state index in [2.05, 4.69) is 4.72 Å². The highest BCUT2D eigenvalue weighted by molar-refractivity contribution is 7.89. The van der Waals surface area contributed by atoms with E-state index in [4.69, 9.17) is 11.6 Å². The van der Waals surface area contributed by atoms with Crippen molar-refractivity contribution in [3.05, 3.63) is 34.6 Å². The smallest absolute Gasteiger partial charge is 0.211 e. The van der Waals surface area contributed by atoms with Gasteiger partial charge in [-0.3, -0.25) is 0 Å². The summed E-state index contributed by atoms with van der Waals surface area (Å²) in [6.45, 7) is 2.11. The molecule has 102 valence electrons. The lowest BCUT2D eigenvalue weighted by molar-refractivity contribution is 0.574. The maximum atomic E-state index is 13.4. The van der Waals surface area contributed by atoms with Gasteiger partial charge >= 0.3 is 0 Å². The molecule has 0 fully saturated rings. The number of rotatable bonds is 7. The number of halogens is 2. The van der Waals surface area contributed by atoms with Crippen molar-refractivity contribution in [2.45, 2.75) is 26.2 Å². The van der Waals surface area contributed by atoms with Gasteiger partial charge in [-0.1, -0.05) is 24.9 Å². The number of sulfonamides is 1. The summed E-state index contributed by atoms with van der Waals surface area (Å²) in [4.78, 5) is 0. The summed E-state index contributed by atoms with van der Waals surface area (Å²) in [6, 6.07) is 4.26. The molecule has 0 aromatic heterocycles. The normalized spacial score (nSPS) is 11.7. The zero-order valence-corrected chi connectivity index (χ0v) is 11.8. The van der Waals surface area contributed by atoms with Crippen molar-refractivity contribution in [2.24, 2.45) is 0 Å². The molecular formula is C12H17ClFNO2S. The topological polar surface area (TPSA) is 46.2 Å². The standard InChI is InChI=1S/C12H17ClFNO2S/c1-2-3-8-18(16,17)15-7-6-10-9-11(13)4-5-12(10)14/h4-5,9,15H,2-3,6-8H2,1H3. The van der Waals surface area contributed by atoms with Gasteiger partial charge in [-0.2, -0.15) is 0 Å². The lowest BCUT2D eigenvalue weighted by Crippen LogP contribution is -2.28. The summed E-state index contributed by atoms with van der Waals surface area (Å²) in [6.07, 6.45) is 1.74. The minimum absolute atomic E-state index is 0.113. The van der Waals surface area contributed by atoms with Crippen LogP contribution in [0.25, 0.3) is 0 Å². The van der Waals surface area contributed by atoms with Crippen molar-refractivity contribution < 1.29 is 12.8 Å². The van der Waals surface area contributed by atoms with Crippen LogP contribution in [-0.4, -0.2) is 20.7 Å². The van der Waals surface area contributed by atoms with E-state index >= 15 is 0 Å². The van der Waals surface area contributed by atoms with E-state index < -0.39 is 10.0 Å². The van der Waals surface area contributed by atoms with Crippen molar-refractivity contribution in [1.29, 1.82) is 0 Å². The van der Waals surface area contributed by atoms with E-state index in [-0.39, 0.29) is 24.5 Å². The first-order valence-corrected chi connectivity index (χ1v) is 7.89. The van der Waals surface area contributed by atoms with E-state index in [1.54, 1.807) is 0 Å². The van der Waals surface area contributed by atoms with Crippen LogP contribution in [0.5, 0.6) is 0 Å². The van der Waals surface area contributed by atoms with Gasteiger partial charge in [0.2, 0.25) is 10.0 Å². The molecule has 3 nitrogen and oxygen atoms in total. The van der Waals surface area contributed by atoms with E-state index in [1.165, 1.54) is 18.2 Å². The van der Waals surface area contributed by atoms with Gasteiger partial charge in [-0.15, -0.1) is 0 Å². The molecule has 0 amide bonds. The molecule has 1 rings (SSSR count). The summed E-state index contributed by atoms with van der Waals surface area (Å²) >= 11 is 5.75. The molecule has 1 aromatic rings. The fourth-order valence-corrected chi connectivity index (χ4v) is 2.90. The summed E-state index contributed by atoms with van der Waals surface area (Å²) < 4.78 is 38.8.